The van der Waals surface area contributed by atoms with Crippen LogP contribution in [0.3, 0.4) is 0 Å². The van der Waals surface area contributed by atoms with Crippen LogP contribution in [0, 0.1) is 13.8 Å². The van der Waals surface area contributed by atoms with Crippen molar-refractivity contribution in [3.63, 3.8) is 0 Å². The third kappa shape index (κ3) is 5.24. The van der Waals surface area contributed by atoms with Gasteiger partial charge in [-0.15, -0.1) is 0 Å². The van der Waals surface area contributed by atoms with Gasteiger partial charge in [-0.1, -0.05) is 31.9 Å². The SMILES string of the molecule is C=Cc1c(C)c2cc3c(C=C)c(C)c(cc4nc(cc5nc(cc1[nH]2)C(C)=C5CCC(=O)O)C(CCC(=O)O)=C4C)n3C=C. The standard InChI is InChI=1S/C36H36N4O4/c1-8-23-19(4)29-18-34-24(9-2)22(7)33(40(34)10-3)17-28-21(6)26(12-14-36(43)44)32(39-28)16-31-25(11-13-35(41)42)20(5)27(37-31)15-30(23)38-29/h8-10,15-18,38H,1-3,11-14H2,4-7H3,(H,41,42)(H,43,44). The van der Waals surface area contributed by atoms with Gasteiger partial charge in [0.25, 0.3) is 0 Å². The van der Waals surface area contributed by atoms with Crippen LogP contribution >= 0.6 is 0 Å². The van der Waals surface area contributed by atoms with Crippen LogP contribution in [-0.2, 0) is 9.59 Å². The monoisotopic (exact) mass is 588 g/mol. The summed E-state index contributed by atoms with van der Waals surface area (Å²) < 4.78 is 2.02. The van der Waals surface area contributed by atoms with Gasteiger partial charge in [0.05, 0.1) is 33.8 Å². The minimum atomic E-state index is -0.896. The van der Waals surface area contributed by atoms with Gasteiger partial charge in [0.1, 0.15) is 0 Å². The number of aromatic nitrogens is 4. The summed E-state index contributed by atoms with van der Waals surface area (Å²) in [5, 5.41) is 19.0. The summed E-state index contributed by atoms with van der Waals surface area (Å²) in [5.41, 5.74) is 13.5. The largest absolute Gasteiger partial charge is 0.481 e. The molecule has 0 radical (unpaired) electrons. The van der Waals surface area contributed by atoms with E-state index in [2.05, 4.69) is 30.8 Å². The summed E-state index contributed by atoms with van der Waals surface area (Å²) in [7, 11) is 0. The number of nitrogens with zero attached hydrogens (tertiary/aromatic N) is 3. The van der Waals surface area contributed by atoms with E-state index in [-0.39, 0.29) is 12.8 Å². The van der Waals surface area contributed by atoms with E-state index in [4.69, 9.17) is 9.97 Å². The molecule has 5 rings (SSSR count). The Labute approximate surface area is 256 Å². The molecule has 224 valence electrons. The highest BCUT2D eigenvalue weighted by Crippen LogP contribution is 2.38. The van der Waals surface area contributed by atoms with E-state index in [1.165, 1.54) is 0 Å². The average Bonchev–Trinajstić information content (AvgIpc) is 3.62. The molecule has 3 aromatic rings. The smallest absolute Gasteiger partial charge is 0.303 e. The first-order valence-electron chi connectivity index (χ1n) is 14.5. The van der Waals surface area contributed by atoms with Crippen LogP contribution in [0.1, 0.15) is 84.6 Å². The number of carboxylic acids is 2. The lowest BCUT2D eigenvalue weighted by atomic mass is 9.98. The predicted molar refractivity (Wildman–Crippen MR) is 179 cm³/mol. The van der Waals surface area contributed by atoms with Crippen LogP contribution in [0.25, 0.3) is 62.7 Å². The highest BCUT2D eigenvalue weighted by molar-refractivity contribution is 5.97. The third-order valence-corrected chi connectivity index (χ3v) is 8.60. The first kappa shape index (κ1) is 30.2. The highest BCUT2D eigenvalue weighted by atomic mass is 16.4. The summed E-state index contributed by atoms with van der Waals surface area (Å²) in [6.07, 6.45) is 5.92. The second kappa shape index (κ2) is 11.8. The van der Waals surface area contributed by atoms with Gasteiger partial charge in [-0.2, -0.15) is 0 Å². The van der Waals surface area contributed by atoms with Crippen molar-refractivity contribution in [1.82, 2.24) is 19.5 Å². The molecular formula is C36H36N4O4. The molecule has 0 amide bonds. The van der Waals surface area contributed by atoms with E-state index in [1.807, 2.05) is 62.6 Å². The molecule has 8 nitrogen and oxygen atoms in total. The second-order valence-corrected chi connectivity index (χ2v) is 11.1. The maximum absolute atomic E-state index is 11.6. The minimum Gasteiger partial charge on any atom is -0.481 e. The number of carboxylic acid groups (broad SMARTS) is 2. The number of nitrogens with one attached hydrogen (secondary N) is 1. The van der Waals surface area contributed by atoms with Crippen molar-refractivity contribution in [2.45, 2.75) is 53.4 Å². The molecule has 0 saturated heterocycles. The zero-order valence-corrected chi connectivity index (χ0v) is 25.5. The molecule has 0 aliphatic carbocycles. The van der Waals surface area contributed by atoms with Crippen molar-refractivity contribution in [2.24, 2.45) is 0 Å². The summed E-state index contributed by atoms with van der Waals surface area (Å²) in [6.45, 7) is 20.2. The molecular weight excluding hydrogens is 552 g/mol. The van der Waals surface area contributed by atoms with Crippen LogP contribution in [0.5, 0.6) is 0 Å². The molecule has 2 aliphatic heterocycles. The number of hydrogen-bond donors (Lipinski definition) is 3. The topological polar surface area (TPSA) is 121 Å². The van der Waals surface area contributed by atoms with Gasteiger partial charge < -0.3 is 19.8 Å². The summed E-state index contributed by atoms with van der Waals surface area (Å²) in [6, 6.07) is 7.91. The molecule has 8 heteroatoms. The molecule has 5 heterocycles. The lowest BCUT2D eigenvalue weighted by Crippen LogP contribution is -1.97. The van der Waals surface area contributed by atoms with Gasteiger partial charge >= 0.3 is 11.9 Å². The molecule has 0 unspecified atom stereocenters. The molecule has 0 aromatic carbocycles. The van der Waals surface area contributed by atoms with Gasteiger partial charge in [-0.3, -0.25) is 9.59 Å². The molecule has 3 N–H and O–H groups in total. The van der Waals surface area contributed by atoms with Gasteiger partial charge in [-0.05, 0) is 98.2 Å². The number of allylic oxidation sites excluding steroid dienone is 4. The first-order valence-corrected chi connectivity index (χ1v) is 14.5. The van der Waals surface area contributed by atoms with E-state index >= 15 is 0 Å². The summed E-state index contributed by atoms with van der Waals surface area (Å²) >= 11 is 0. The Bertz CT molecular complexity index is 2020. The van der Waals surface area contributed by atoms with Gasteiger partial charge in [0, 0.05) is 41.2 Å². The Balaban J connectivity index is 1.99. The highest BCUT2D eigenvalue weighted by Gasteiger charge is 2.23. The fraction of sp³-hybridized carbons (Fsp3) is 0.222. The zero-order valence-electron chi connectivity index (χ0n) is 25.5. The number of aliphatic carboxylic acids is 2. The van der Waals surface area contributed by atoms with Crippen LogP contribution in [0.15, 0.2) is 44.0 Å². The van der Waals surface area contributed by atoms with Crippen molar-refractivity contribution in [1.29, 1.82) is 0 Å². The summed E-state index contributed by atoms with van der Waals surface area (Å²) in [4.78, 5) is 36.7. The van der Waals surface area contributed by atoms with E-state index < -0.39 is 11.9 Å². The van der Waals surface area contributed by atoms with E-state index in [1.54, 1.807) is 6.20 Å². The molecule has 0 saturated carbocycles. The fourth-order valence-corrected chi connectivity index (χ4v) is 6.13. The van der Waals surface area contributed by atoms with Crippen LogP contribution in [0.2, 0.25) is 0 Å². The first-order chi connectivity index (χ1) is 21.0. The Morgan fingerprint density at radius 2 is 1.27 bits per heavy atom. The van der Waals surface area contributed by atoms with E-state index in [0.29, 0.717) is 35.6 Å². The number of rotatable bonds is 9. The molecule has 0 atom stereocenters. The number of carbonyl (C=O) groups is 2. The number of H-pyrrole nitrogens is 1. The van der Waals surface area contributed by atoms with Crippen LogP contribution in [0.4, 0.5) is 0 Å². The van der Waals surface area contributed by atoms with Gasteiger partial charge in [0.2, 0.25) is 0 Å². The molecule has 0 spiro atoms. The van der Waals surface area contributed by atoms with Crippen LogP contribution < -0.4 is 0 Å². The molecule has 8 bridgehead atoms. The predicted octanol–water partition coefficient (Wildman–Crippen LogP) is 8.38. The van der Waals surface area contributed by atoms with Crippen molar-refractivity contribution in [2.75, 3.05) is 0 Å². The van der Waals surface area contributed by atoms with Crippen molar-refractivity contribution in [3.05, 3.63) is 89.0 Å². The van der Waals surface area contributed by atoms with Gasteiger partial charge in [0.15, 0.2) is 0 Å². The Morgan fingerprint density at radius 3 is 1.77 bits per heavy atom. The van der Waals surface area contributed by atoms with E-state index in [9.17, 15) is 19.8 Å². The molecule has 0 fully saturated rings. The Morgan fingerprint density at radius 1 is 0.727 bits per heavy atom. The van der Waals surface area contributed by atoms with Gasteiger partial charge in [-0.25, -0.2) is 9.97 Å². The molecule has 2 aliphatic rings. The van der Waals surface area contributed by atoms with Crippen LogP contribution in [-0.4, -0.2) is 41.7 Å². The van der Waals surface area contributed by atoms with Crippen molar-refractivity contribution in [3.8, 4) is 0 Å². The zero-order chi connectivity index (χ0) is 31.9. The number of fused-ring (bicyclic) bond motifs is 8. The quantitative estimate of drug-likeness (QED) is 0.231. The lowest BCUT2D eigenvalue weighted by molar-refractivity contribution is -0.137. The normalized spacial score (nSPS) is 12.9. The third-order valence-electron chi connectivity index (χ3n) is 8.60. The van der Waals surface area contributed by atoms with Crippen molar-refractivity contribution < 1.29 is 19.8 Å². The number of hydrogen-bond acceptors (Lipinski definition) is 4. The average molecular weight is 589 g/mol. The lowest BCUT2D eigenvalue weighted by Gasteiger charge is -2.05. The maximum atomic E-state index is 11.6. The fourth-order valence-electron chi connectivity index (χ4n) is 6.13. The minimum absolute atomic E-state index is 0.0463. The van der Waals surface area contributed by atoms with Crippen molar-refractivity contribution >= 4 is 74.6 Å². The Hall–Kier alpha value is -5.24. The second-order valence-electron chi connectivity index (χ2n) is 11.1. The van der Waals surface area contributed by atoms with E-state index in [0.717, 1.165) is 66.6 Å². The number of aromatic amines is 1. The summed E-state index contributed by atoms with van der Waals surface area (Å²) in [5.74, 6) is -1.79. The Kier molecular flexibility index (Phi) is 8.11. The number of aryl methyl sites for hydroxylation is 2. The molecule has 44 heavy (non-hydrogen) atoms. The maximum Gasteiger partial charge on any atom is 0.303 e. The molecule has 3 aromatic heterocycles.